The number of aliphatic hydroxyl groups is 1. The molecule has 204 valence electrons. The average molecular weight is 521 g/mol. The standard InChI is InChI=1S/C31H40N2O5/c1-31(2)22-38-30(37)26(18-23-12-6-3-7-13-23)17-11-5-10-16-25(29(36)33-31)20-28(35)32-27(21-34)19-24-14-8-4-9-15-24/h3-10,12-15,25-27,34H,11,16-22H2,1-2H3,(H,32,35)(H,33,36). The van der Waals surface area contributed by atoms with Crippen molar-refractivity contribution in [2.24, 2.45) is 11.8 Å². The van der Waals surface area contributed by atoms with Gasteiger partial charge in [0.1, 0.15) is 6.61 Å². The zero-order valence-corrected chi connectivity index (χ0v) is 22.4. The number of benzene rings is 2. The SMILES string of the molecule is CC1(C)COC(=O)C(Cc2ccccc2)CCC=CCC(CC(=O)NC(CO)Cc2ccccc2)C(=O)N1. The molecular formula is C31H40N2O5. The Morgan fingerprint density at radius 1 is 1.03 bits per heavy atom. The molecule has 2 amide bonds. The molecule has 3 rings (SSSR count). The van der Waals surface area contributed by atoms with Crippen LogP contribution in [0.5, 0.6) is 0 Å². The van der Waals surface area contributed by atoms with Crippen molar-refractivity contribution in [3.05, 3.63) is 83.9 Å². The number of allylic oxidation sites excluding steroid dienone is 2. The van der Waals surface area contributed by atoms with Crippen molar-refractivity contribution in [3.8, 4) is 0 Å². The molecule has 3 N–H and O–H groups in total. The van der Waals surface area contributed by atoms with E-state index in [1.165, 1.54) is 0 Å². The summed E-state index contributed by atoms with van der Waals surface area (Å²) in [5.41, 5.74) is 1.29. The molecule has 0 bridgehead atoms. The molecule has 0 saturated carbocycles. The highest BCUT2D eigenvalue weighted by Crippen LogP contribution is 2.20. The van der Waals surface area contributed by atoms with E-state index in [0.717, 1.165) is 11.1 Å². The predicted molar refractivity (Wildman–Crippen MR) is 147 cm³/mol. The average Bonchev–Trinajstić information content (AvgIpc) is 2.91. The number of rotatable bonds is 8. The lowest BCUT2D eigenvalue weighted by Crippen LogP contribution is -2.50. The molecule has 1 aliphatic rings. The molecule has 2 aromatic carbocycles. The maximum atomic E-state index is 13.2. The molecule has 3 atom stereocenters. The quantitative estimate of drug-likeness (QED) is 0.363. The third-order valence-electron chi connectivity index (χ3n) is 6.68. The number of esters is 1. The van der Waals surface area contributed by atoms with Gasteiger partial charge in [0.25, 0.3) is 0 Å². The number of hydrogen-bond donors (Lipinski definition) is 3. The minimum atomic E-state index is -0.794. The van der Waals surface area contributed by atoms with Gasteiger partial charge in [0.2, 0.25) is 11.8 Å². The summed E-state index contributed by atoms with van der Waals surface area (Å²) in [5, 5.41) is 15.6. The Hall–Kier alpha value is -3.45. The second-order valence-corrected chi connectivity index (χ2v) is 10.7. The molecule has 0 saturated heterocycles. The molecule has 0 aromatic heterocycles. The number of carbonyl (C=O) groups excluding carboxylic acids is 3. The van der Waals surface area contributed by atoms with E-state index in [1.54, 1.807) is 13.8 Å². The summed E-state index contributed by atoms with van der Waals surface area (Å²) in [7, 11) is 0. The van der Waals surface area contributed by atoms with Crippen LogP contribution in [0.1, 0.15) is 50.7 Å². The van der Waals surface area contributed by atoms with Crippen molar-refractivity contribution in [1.82, 2.24) is 10.6 Å². The Labute approximate surface area is 225 Å². The highest BCUT2D eigenvalue weighted by atomic mass is 16.5. The van der Waals surface area contributed by atoms with Crippen molar-refractivity contribution < 1.29 is 24.2 Å². The summed E-state index contributed by atoms with van der Waals surface area (Å²) in [5.74, 6) is -1.69. The fraction of sp³-hybridized carbons (Fsp3) is 0.452. The van der Waals surface area contributed by atoms with Crippen molar-refractivity contribution in [3.63, 3.8) is 0 Å². The maximum absolute atomic E-state index is 13.2. The van der Waals surface area contributed by atoms with E-state index in [9.17, 15) is 19.5 Å². The molecular weight excluding hydrogens is 480 g/mol. The van der Waals surface area contributed by atoms with Crippen LogP contribution in [0.4, 0.5) is 0 Å². The van der Waals surface area contributed by atoms with Gasteiger partial charge < -0.3 is 20.5 Å². The molecule has 0 radical (unpaired) electrons. The van der Waals surface area contributed by atoms with E-state index >= 15 is 0 Å². The lowest BCUT2D eigenvalue weighted by molar-refractivity contribution is -0.151. The minimum Gasteiger partial charge on any atom is -0.463 e. The van der Waals surface area contributed by atoms with Crippen molar-refractivity contribution >= 4 is 17.8 Å². The molecule has 0 spiro atoms. The van der Waals surface area contributed by atoms with E-state index in [4.69, 9.17) is 4.74 Å². The first-order valence-corrected chi connectivity index (χ1v) is 13.4. The molecule has 38 heavy (non-hydrogen) atoms. The zero-order valence-electron chi connectivity index (χ0n) is 22.4. The van der Waals surface area contributed by atoms with E-state index < -0.39 is 17.5 Å². The van der Waals surface area contributed by atoms with Gasteiger partial charge in [-0.05, 0) is 57.1 Å². The largest absolute Gasteiger partial charge is 0.463 e. The number of hydrogen-bond acceptors (Lipinski definition) is 5. The second kappa shape index (κ2) is 14.5. The number of carbonyl (C=O) groups is 3. The summed E-state index contributed by atoms with van der Waals surface area (Å²) < 4.78 is 5.66. The molecule has 7 nitrogen and oxygen atoms in total. The molecule has 1 aliphatic heterocycles. The van der Waals surface area contributed by atoms with Crippen LogP contribution in [0.3, 0.4) is 0 Å². The Morgan fingerprint density at radius 2 is 1.68 bits per heavy atom. The van der Waals surface area contributed by atoms with Gasteiger partial charge in [-0.2, -0.15) is 0 Å². The van der Waals surface area contributed by atoms with Crippen molar-refractivity contribution in [2.45, 2.75) is 64.0 Å². The highest BCUT2D eigenvalue weighted by molar-refractivity contribution is 5.86. The third-order valence-corrected chi connectivity index (χ3v) is 6.68. The fourth-order valence-corrected chi connectivity index (χ4v) is 4.57. The summed E-state index contributed by atoms with van der Waals surface area (Å²) >= 11 is 0. The first kappa shape index (κ1) is 29.1. The summed E-state index contributed by atoms with van der Waals surface area (Å²) in [6.07, 6.45) is 6.68. The van der Waals surface area contributed by atoms with Crippen LogP contribution >= 0.6 is 0 Å². The van der Waals surface area contributed by atoms with Gasteiger partial charge in [0.05, 0.1) is 30.0 Å². The number of aliphatic hydroxyl groups excluding tert-OH is 1. The van der Waals surface area contributed by atoms with E-state index in [2.05, 4.69) is 10.6 Å². The van der Waals surface area contributed by atoms with E-state index in [0.29, 0.717) is 32.1 Å². The fourth-order valence-electron chi connectivity index (χ4n) is 4.57. The Kier molecular flexibility index (Phi) is 11.1. The summed E-state index contributed by atoms with van der Waals surface area (Å²) in [6, 6.07) is 19.1. The first-order chi connectivity index (χ1) is 18.3. The number of cyclic esters (lactones) is 1. The van der Waals surface area contributed by atoms with Crippen LogP contribution < -0.4 is 10.6 Å². The van der Waals surface area contributed by atoms with Gasteiger partial charge in [0.15, 0.2) is 0 Å². The lowest BCUT2D eigenvalue weighted by atomic mass is 9.94. The maximum Gasteiger partial charge on any atom is 0.309 e. The Morgan fingerprint density at radius 3 is 2.34 bits per heavy atom. The molecule has 2 aromatic rings. The van der Waals surface area contributed by atoms with Crippen LogP contribution in [0.2, 0.25) is 0 Å². The second-order valence-electron chi connectivity index (χ2n) is 10.7. The van der Waals surface area contributed by atoms with Gasteiger partial charge in [0, 0.05) is 6.42 Å². The van der Waals surface area contributed by atoms with Gasteiger partial charge in [-0.3, -0.25) is 14.4 Å². The van der Waals surface area contributed by atoms with E-state index in [1.807, 2.05) is 72.8 Å². The Bertz CT molecular complexity index is 1070. The molecule has 0 aliphatic carbocycles. The number of ether oxygens (including phenoxy) is 1. The van der Waals surface area contributed by atoms with Crippen LogP contribution in [0, 0.1) is 11.8 Å². The van der Waals surface area contributed by atoms with Crippen molar-refractivity contribution in [1.29, 1.82) is 0 Å². The Balaban J connectivity index is 1.65. The first-order valence-electron chi connectivity index (χ1n) is 13.4. The summed E-state index contributed by atoms with van der Waals surface area (Å²) in [4.78, 5) is 39.0. The topological polar surface area (TPSA) is 105 Å². The normalized spacial score (nSPS) is 21.1. The molecule has 1 heterocycles. The number of nitrogens with one attached hydrogen (secondary N) is 2. The monoisotopic (exact) mass is 520 g/mol. The van der Waals surface area contributed by atoms with Crippen LogP contribution in [-0.4, -0.2) is 47.7 Å². The van der Waals surface area contributed by atoms with Crippen LogP contribution in [-0.2, 0) is 32.0 Å². The van der Waals surface area contributed by atoms with Crippen LogP contribution in [0.25, 0.3) is 0 Å². The zero-order chi connectivity index (χ0) is 27.4. The van der Waals surface area contributed by atoms with Gasteiger partial charge in [-0.1, -0.05) is 72.8 Å². The predicted octanol–water partition coefficient (Wildman–Crippen LogP) is 3.75. The van der Waals surface area contributed by atoms with Crippen LogP contribution in [0.15, 0.2) is 72.8 Å². The van der Waals surface area contributed by atoms with E-state index in [-0.39, 0.29) is 43.3 Å². The molecule has 7 heteroatoms. The smallest absolute Gasteiger partial charge is 0.309 e. The lowest BCUT2D eigenvalue weighted by Gasteiger charge is -2.29. The summed E-state index contributed by atoms with van der Waals surface area (Å²) in [6.45, 7) is 3.45. The number of amides is 2. The van der Waals surface area contributed by atoms with Gasteiger partial charge >= 0.3 is 5.97 Å². The minimum absolute atomic E-state index is 0.00599. The van der Waals surface area contributed by atoms with Gasteiger partial charge in [-0.15, -0.1) is 0 Å². The third kappa shape index (κ3) is 9.78. The molecule has 3 unspecified atom stereocenters. The molecule has 0 fully saturated rings. The highest BCUT2D eigenvalue weighted by Gasteiger charge is 2.30. The van der Waals surface area contributed by atoms with Crippen molar-refractivity contribution in [2.75, 3.05) is 13.2 Å². The van der Waals surface area contributed by atoms with Gasteiger partial charge in [-0.25, -0.2) is 0 Å².